The van der Waals surface area contributed by atoms with Gasteiger partial charge in [0.1, 0.15) is 35.8 Å². The molecule has 2 aromatic heterocycles. The highest BCUT2D eigenvalue weighted by molar-refractivity contribution is 6.00. The Morgan fingerprint density at radius 3 is 1.44 bits per heavy atom. The van der Waals surface area contributed by atoms with E-state index >= 15 is 0 Å². The number of fused-ring (bicyclic) bond motifs is 2. The van der Waals surface area contributed by atoms with E-state index in [0.717, 1.165) is 33.1 Å². The number of oxime groups is 2. The van der Waals surface area contributed by atoms with Crippen molar-refractivity contribution in [1.29, 1.82) is 0 Å². The van der Waals surface area contributed by atoms with Crippen LogP contribution in [0.5, 0.6) is 0 Å². The normalized spacial score (nSPS) is 12.4. The van der Waals surface area contributed by atoms with Crippen LogP contribution in [0, 0.1) is 0 Å². The zero-order valence-corrected chi connectivity index (χ0v) is 19.0. The van der Waals surface area contributed by atoms with Crippen LogP contribution in [0.2, 0.25) is 0 Å². The topological polar surface area (TPSA) is 69.5 Å². The summed E-state index contributed by atoms with van der Waals surface area (Å²) in [6, 6.07) is 27.6. The van der Waals surface area contributed by atoms with Crippen molar-refractivity contribution in [3.05, 3.63) is 108 Å². The molecule has 6 nitrogen and oxygen atoms in total. The summed E-state index contributed by atoms with van der Waals surface area (Å²) in [5.41, 5.74) is 5.07. The van der Waals surface area contributed by atoms with Gasteiger partial charge in [-0.05, 0) is 49.2 Å². The molecule has 2 heterocycles. The molecular weight excluding hydrogens is 428 g/mol. The lowest BCUT2D eigenvalue weighted by Crippen LogP contribution is -1.96. The van der Waals surface area contributed by atoms with Gasteiger partial charge in [0.05, 0.1) is 0 Å². The van der Waals surface area contributed by atoms with Crippen LogP contribution in [0.15, 0.2) is 104 Å². The third kappa shape index (κ3) is 4.86. The predicted octanol–water partition coefficient (Wildman–Crippen LogP) is 7.06. The monoisotopic (exact) mass is 452 g/mol. The van der Waals surface area contributed by atoms with Gasteiger partial charge >= 0.3 is 0 Å². The Hall–Kier alpha value is -4.32. The molecule has 0 unspecified atom stereocenters. The van der Waals surface area contributed by atoms with Crippen LogP contribution < -0.4 is 0 Å². The molecule has 34 heavy (non-hydrogen) atoms. The molecule has 0 bridgehead atoms. The van der Waals surface area contributed by atoms with Gasteiger partial charge in [-0.1, -0.05) is 71.0 Å². The molecule has 0 amide bonds. The molecule has 0 fully saturated rings. The lowest BCUT2D eigenvalue weighted by molar-refractivity contribution is 0.128. The van der Waals surface area contributed by atoms with E-state index in [1.54, 1.807) is 0 Å². The molecule has 0 spiro atoms. The number of nitrogens with zero attached hydrogens (tertiary/aromatic N) is 2. The van der Waals surface area contributed by atoms with Gasteiger partial charge in [0, 0.05) is 10.8 Å². The van der Waals surface area contributed by atoms with Crippen LogP contribution in [-0.4, -0.2) is 11.4 Å². The molecule has 0 aliphatic carbocycles. The van der Waals surface area contributed by atoms with Crippen molar-refractivity contribution >= 4 is 33.4 Å². The highest BCUT2D eigenvalue weighted by atomic mass is 16.6. The first-order chi connectivity index (χ1) is 16.7. The van der Waals surface area contributed by atoms with Gasteiger partial charge in [0.2, 0.25) is 0 Å². The molecule has 6 heteroatoms. The van der Waals surface area contributed by atoms with Crippen molar-refractivity contribution in [3.8, 4) is 0 Å². The Morgan fingerprint density at radius 2 is 1.03 bits per heavy atom. The summed E-state index contributed by atoms with van der Waals surface area (Å²) in [4.78, 5) is 11.0. The maximum Gasteiger partial charge on any atom is 0.152 e. The Morgan fingerprint density at radius 1 is 0.618 bits per heavy atom. The zero-order chi connectivity index (χ0) is 23.3. The van der Waals surface area contributed by atoms with Crippen LogP contribution in [0.4, 0.5) is 0 Å². The van der Waals surface area contributed by atoms with Crippen LogP contribution in [-0.2, 0) is 22.9 Å². The molecule has 5 rings (SSSR count). The standard InChI is InChI=1S/C28H24N2O4/c1-19(27-15-23-7-3-5-9-25(23)33-27)29-31-17-21-11-13-22(14-12-21)18-32-30-20(2)28-16-24-8-4-6-10-26(24)34-28/h3-16H,17-18H2,1-2H3/b29-19-,30-20-. The van der Waals surface area contributed by atoms with Crippen molar-refractivity contribution in [2.45, 2.75) is 27.1 Å². The molecule has 0 saturated carbocycles. The number of hydrogen-bond acceptors (Lipinski definition) is 6. The molecule has 3 aromatic carbocycles. The maximum atomic E-state index is 5.80. The average molecular weight is 453 g/mol. The number of furan rings is 2. The van der Waals surface area contributed by atoms with E-state index in [4.69, 9.17) is 18.5 Å². The molecule has 0 N–H and O–H groups in total. The average Bonchev–Trinajstić information content (AvgIpc) is 3.49. The smallest absolute Gasteiger partial charge is 0.152 e. The van der Waals surface area contributed by atoms with Crippen LogP contribution in [0.25, 0.3) is 21.9 Å². The zero-order valence-electron chi connectivity index (χ0n) is 19.0. The minimum Gasteiger partial charge on any atom is -0.455 e. The van der Waals surface area contributed by atoms with E-state index in [1.807, 2.05) is 98.8 Å². The van der Waals surface area contributed by atoms with Crippen molar-refractivity contribution < 1.29 is 18.5 Å². The van der Waals surface area contributed by atoms with E-state index in [-0.39, 0.29) is 0 Å². The molecule has 170 valence electrons. The quantitative estimate of drug-likeness (QED) is 0.187. The highest BCUT2D eigenvalue weighted by Gasteiger charge is 2.08. The summed E-state index contributed by atoms with van der Waals surface area (Å²) in [6.07, 6.45) is 0. The summed E-state index contributed by atoms with van der Waals surface area (Å²) in [7, 11) is 0. The summed E-state index contributed by atoms with van der Waals surface area (Å²) in [6.45, 7) is 4.46. The molecule has 5 aromatic rings. The van der Waals surface area contributed by atoms with Crippen molar-refractivity contribution in [3.63, 3.8) is 0 Å². The lowest BCUT2D eigenvalue weighted by atomic mass is 10.1. The number of rotatable bonds is 8. The predicted molar refractivity (Wildman–Crippen MR) is 133 cm³/mol. The molecule has 0 radical (unpaired) electrons. The second kappa shape index (κ2) is 9.67. The fourth-order valence-electron chi connectivity index (χ4n) is 3.55. The van der Waals surface area contributed by atoms with Gasteiger partial charge < -0.3 is 18.5 Å². The van der Waals surface area contributed by atoms with Gasteiger partial charge in [-0.3, -0.25) is 0 Å². The summed E-state index contributed by atoms with van der Waals surface area (Å²) >= 11 is 0. The Kier molecular flexibility index (Phi) is 6.12. The largest absolute Gasteiger partial charge is 0.455 e. The van der Waals surface area contributed by atoms with Gasteiger partial charge in [-0.25, -0.2) is 0 Å². The molecule has 0 saturated heterocycles. The first-order valence-corrected chi connectivity index (χ1v) is 11.0. The van der Waals surface area contributed by atoms with E-state index in [2.05, 4.69) is 10.3 Å². The Balaban J connectivity index is 1.13. The first kappa shape index (κ1) is 21.5. The minimum atomic E-state index is 0.363. The Bertz CT molecular complexity index is 1300. The lowest BCUT2D eigenvalue weighted by Gasteiger charge is -2.04. The summed E-state index contributed by atoms with van der Waals surface area (Å²) in [5, 5.41) is 10.5. The molecule has 0 atom stereocenters. The maximum absolute atomic E-state index is 5.80. The van der Waals surface area contributed by atoms with E-state index in [9.17, 15) is 0 Å². The second-order valence-corrected chi connectivity index (χ2v) is 8.01. The van der Waals surface area contributed by atoms with E-state index in [0.29, 0.717) is 36.2 Å². The fraction of sp³-hybridized carbons (Fsp3) is 0.143. The van der Waals surface area contributed by atoms with Gasteiger partial charge in [0.25, 0.3) is 0 Å². The van der Waals surface area contributed by atoms with Gasteiger partial charge in [-0.2, -0.15) is 0 Å². The Labute approximate surface area is 197 Å². The van der Waals surface area contributed by atoms with Crippen molar-refractivity contribution in [2.24, 2.45) is 10.3 Å². The fourth-order valence-corrected chi connectivity index (χ4v) is 3.55. The van der Waals surface area contributed by atoms with Crippen LogP contribution in [0.1, 0.15) is 36.5 Å². The van der Waals surface area contributed by atoms with Crippen LogP contribution in [0.3, 0.4) is 0 Å². The van der Waals surface area contributed by atoms with E-state index < -0.39 is 0 Å². The number of para-hydroxylation sites is 2. The van der Waals surface area contributed by atoms with E-state index in [1.165, 1.54) is 0 Å². The van der Waals surface area contributed by atoms with Gasteiger partial charge in [-0.15, -0.1) is 0 Å². The third-order valence-electron chi connectivity index (χ3n) is 5.45. The molecule has 0 aliphatic heterocycles. The van der Waals surface area contributed by atoms with Crippen molar-refractivity contribution in [2.75, 3.05) is 0 Å². The highest BCUT2D eigenvalue weighted by Crippen LogP contribution is 2.20. The third-order valence-corrected chi connectivity index (χ3v) is 5.45. The van der Waals surface area contributed by atoms with Gasteiger partial charge in [0.15, 0.2) is 11.5 Å². The molecule has 0 aliphatic rings. The molecular formula is C28H24N2O4. The van der Waals surface area contributed by atoms with Crippen LogP contribution >= 0.6 is 0 Å². The number of hydrogen-bond donors (Lipinski definition) is 0. The number of benzene rings is 3. The minimum absolute atomic E-state index is 0.363. The summed E-state index contributed by atoms with van der Waals surface area (Å²) < 4.78 is 11.6. The first-order valence-electron chi connectivity index (χ1n) is 11.0. The SMILES string of the molecule is C/C(=N/OCc1ccc(CO/N=C(/C)c2cc3ccccc3o2)cc1)c1cc2ccccc2o1. The van der Waals surface area contributed by atoms with Crippen molar-refractivity contribution in [1.82, 2.24) is 0 Å². The second-order valence-electron chi connectivity index (χ2n) is 8.01. The summed E-state index contributed by atoms with van der Waals surface area (Å²) in [5.74, 6) is 1.40.